The van der Waals surface area contributed by atoms with Gasteiger partial charge in [0.25, 0.3) is 5.56 Å². The summed E-state index contributed by atoms with van der Waals surface area (Å²) >= 11 is 6.29. The fourth-order valence-corrected chi connectivity index (χ4v) is 5.29. The Morgan fingerprint density at radius 3 is 2.50 bits per heavy atom. The van der Waals surface area contributed by atoms with Gasteiger partial charge in [-0.05, 0) is 48.6 Å². The van der Waals surface area contributed by atoms with Gasteiger partial charge in [0.15, 0.2) is 5.43 Å². The molecular weight excluding hydrogens is 420 g/mol. The number of fused-ring (bicyclic) bond motifs is 2. The van der Waals surface area contributed by atoms with E-state index >= 15 is 0 Å². The van der Waals surface area contributed by atoms with E-state index in [1.54, 1.807) is 6.07 Å². The Bertz CT molecular complexity index is 1430. The highest BCUT2D eigenvalue weighted by Crippen LogP contribution is 2.29. The molecule has 0 spiro atoms. The van der Waals surface area contributed by atoms with Crippen molar-refractivity contribution in [1.82, 2.24) is 9.13 Å². The highest BCUT2D eigenvalue weighted by Gasteiger charge is 2.25. The van der Waals surface area contributed by atoms with E-state index in [4.69, 9.17) is 11.6 Å². The van der Waals surface area contributed by atoms with E-state index in [0.29, 0.717) is 23.4 Å². The van der Waals surface area contributed by atoms with E-state index in [2.05, 4.69) is 23.6 Å². The first kappa shape index (κ1) is 21.0. The standard InChI is InChI=1S/C27H27ClN2O2/c1-2-3-5-11-20-22(16-18-9-6-4-7-10-18)27(32)30-15-8-14-29-23-17-19(28)12-13-21(23)25(31)24(20)26(29)30/h4,6-7,9-10,12-13,17H,2-3,5,8,11,14-16H2,1H3. The Morgan fingerprint density at radius 1 is 0.938 bits per heavy atom. The van der Waals surface area contributed by atoms with Crippen molar-refractivity contribution in [3.63, 3.8) is 0 Å². The van der Waals surface area contributed by atoms with Crippen LogP contribution in [0.3, 0.4) is 0 Å². The molecule has 4 nitrogen and oxygen atoms in total. The maximum absolute atomic E-state index is 13.8. The highest BCUT2D eigenvalue weighted by atomic mass is 35.5. The Hall–Kier alpha value is -2.85. The zero-order chi connectivity index (χ0) is 22.2. The molecule has 0 unspecified atom stereocenters. The molecule has 164 valence electrons. The van der Waals surface area contributed by atoms with Crippen LogP contribution in [0.1, 0.15) is 49.3 Å². The lowest BCUT2D eigenvalue weighted by Crippen LogP contribution is -2.34. The van der Waals surface area contributed by atoms with Gasteiger partial charge in [0, 0.05) is 35.5 Å². The van der Waals surface area contributed by atoms with Crippen LogP contribution >= 0.6 is 11.6 Å². The zero-order valence-corrected chi connectivity index (χ0v) is 19.1. The molecule has 0 amide bonds. The third-order valence-corrected chi connectivity index (χ3v) is 6.88. The minimum atomic E-state index is 0.0133. The smallest absolute Gasteiger partial charge is 0.255 e. The number of halogens is 1. The molecule has 32 heavy (non-hydrogen) atoms. The van der Waals surface area contributed by atoms with Crippen molar-refractivity contribution in [3.05, 3.63) is 90.8 Å². The van der Waals surface area contributed by atoms with Crippen LogP contribution in [-0.2, 0) is 25.9 Å². The van der Waals surface area contributed by atoms with Crippen molar-refractivity contribution in [2.24, 2.45) is 0 Å². The number of hydrogen-bond donors (Lipinski definition) is 0. The molecule has 4 aromatic rings. The molecule has 1 aliphatic rings. The number of rotatable bonds is 6. The van der Waals surface area contributed by atoms with Crippen LogP contribution in [0, 0.1) is 0 Å². The van der Waals surface area contributed by atoms with Crippen molar-refractivity contribution < 1.29 is 0 Å². The summed E-state index contributed by atoms with van der Waals surface area (Å²) in [5.74, 6) is 0. The van der Waals surface area contributed by atoms with Gasteiger partial charge in [-0.3, -0.25) is 14.2 Å². The van der Waals surface area contributed by atoms with E-state index in [1.165, 1.54) is 0 Å². The second-order valence-corrected chi connectivity index (χ2v) is 9.16. The van der Waals surface area contributed by atoms with Crippen molar-refractivity contribution in [2.45, 2.75) is 58.5 Å². The molecule has 0 bridgehead atoms. The van der Waals surface area contributed by atoms with Gasteiger partial charge in [-0.15, -0.1) is 0 Å². The molecule has 0 fully saturated rings. The molecule has 1 aliphatic heterocycles. The topological polar surface area (TPSA) is 44.0 Å². The summed E-state index contributed by atoms with van der Waals surface area (Å²) in [6, 6.07) is 15.6. The van der Waals surface area contributed by atoms with E-state index in [0.717, 1.165) is 71.9 Å². The second kappa shape index (κ2) is 8.59. The van der Waals surface area contributed by atoms with Crippen LogP contribution in [-0.4, -0.2) is 9.13 Å². The lowest BCUT2D eigenvalue weighted by molar-refractivity contribution is 0.521. The van der Waals surface area contributed by atoms with Gasteiger partial charge in [0.2, 0.25) is 0 Å². The van der Waals surface area contributed by atoms with Gasteiger partial charge < -0.3 is 4.57 Å². The van der Waals surface area contributed by atoms with E-state index in [-0.39, 0.29) is 11.0 Å². The zero-order valence-electron chi connectivity index (χ0n) is 18.4. The monoisotopic (exact) mass is 446 g/mol. The van der Waals surface area contributed by atoms with Gasteiger partial charge in [0.05, 0.1) is 10.9 Å². The second-order valence-electron chi connectivity index (χ2n) is 8.73. The molecule has 0 aliphatic carbocycles. The fraction of sp³-hybridized carbons (Fsp3) is 0.333. The van der Waals surface area contributed by atoms with Crippen LogP contribution in [0.5, 0.6) is 0 Å². The van der Waals surface area contributed by atoms with E-state index in [1.807, 2.05) is 34.9 Å². The number of benzene rings is 2. The maximum atomic E-state index is 13.8. The lowest BCUT2D eigenvalue weighted by atomic mass is 9.93. The molecule has 0 saturated heterocycles. The molecule has 3 heterocycles. The summed E-state index contributed by atoms with van der Waals surface area (Å²) in [6.45, 7) is 3.58. The van der Waals surface area contributed by atoms with Crippen LogP contribution in [0.25, 0.3) is 21.9 Å². The molecule has 0 saturated carbocycles. The molecule has 2 aromatic carbocycles. The summed E-state index contributed by atoms with van der Waals surface area (Å²) in [7, 11) is 0. The van der Waals surface area contributed by atoms with Crippen LogP contribution in [0.15, 0.2) is 58.1 Å². The van der Waals surface area contributed by atoms with E-state index < -0.39 is 0 Å². The molecule has 2 aromatic heterocycles. The SMILES string of the molecule is CCCCCc1c(Cc2ccccc2)c(=O)n2c3c1c(=O)c1ccc(Cl)cc1n3CCC2. The van der Waals surface area contributed by atoms with Gasteiger partial charge in [-0.25, -0.2) is 0 Å². The summed E-state index contributed by atoms with van der Waals surface area (Å²) in [5.41, 5.74) is 4.45. The number of aromatic nitrogens is 2. The lowest BCUT2D eigenvalue weighted by Gasteiger charge is -2.26. The minimum Gasteiger partial charge on any atom is -0.326 e. The number of aryl methyl sites for hydroxylation is 3. The Balaban J connectivity index is 1.89. The van der Waals surface area contributed by atoms with Crippen molar-refractivity contribution in [2.75, 3.05) is 0 Å². The summed E-state index contributed by atoms with van der Waals surface area (Å²) in [4.78, 5) is 27.6. The van der Waals surface area contributed by atoms with Gasteiger partial charge >= 0.3 is 0 Å². The maximum Gasteiger partial charge on any atom is 0.255 e. The average molecular weight is 447 g/mol. The van der Waals surface area contributed by atoms with Crippen molar-refractivity contribution in [3.8, 4) is 0 Å². The first-order valence-electron chi connectivity index (χ1n) is 11.5. The Morgan fingerprint density at radius 2 is 1.72 bits per heavy atom. The number of nitrogens with zero attached hydrogens (tertiary/aromatic N) is 2. The fourth-order valence-electron chi connectivity index (χ4n) is 5.13. The normalized spacial score (nSPS) is 13.2. The predicted octanol–water partition coefficient (Wildman–Crippen LogP) is 5.70. The first-order chi connectivity index (χ1) is 15.6. The summed E-state index contributed by atoms with van der Waals surface area (Å²) < 4.78 is 3.97. The van der Waals surface area contributed by atoms with Crippen LogP contribution in [0.4, 0.5) is 0 Å². The first-order valence-corrected chi connectivity index (χ1v) is 11.9. The molecule has 0 radical (unpaired) electrons. The summed E-state index contributed by atoms with van der Waals surface area (Å²) in [6.07, 6.45) is 5.29. The molecular formula is C27H27ClN2O2. The van der Waals surface area contributed by atoms with Gasteiger partial charge in [-0.1, -0.05) is 61.7 Å². The molecule has 0 N–H and O–H groups in total. The molecule has 5 rings (SSSR count). The summed E-state index contributed by atoms with van der Waals surface area (Å²) in [5, 5.41) is 2.00. The Kier molecular flexibility index (Phi) is 5.64. The largest absolute Gasteiger partial charge is 0.326 e. The third-order valence-electron chi connectivity index (χ3n) is 6.64. The Labute approximate surface area is 192 Å². The van der Waals surface area contributed by atoms with Crippen LogP contribution in [0.2, 0.25) is 5.02 Å². The van der Waals surface area contributed by atoms with Crippen molar-refractivity contribution >= 4 is 33.5 Å². The van der Waals surface area contributed by atoms with Crippen LogP contribution < -0.4 is 11.0 Å². The third kappa shape index (κ3) is 3.47. The molecule has 5 heteroatoms. The highest BCUT2D eigenvalue weighted by molar-refractivity contribution is 6.31. The minimum absolute atomic E-state index is 0.0133. The average Bonchev–Trinajstić information content (AvgIpc) is 2.81. The van der Waals surface area contributed by atoms with E-state index in [9.17, 15) is 9.59 Å². The number of unbranched alkanes of at least 4 members (excludes halogenated alkanes) is 2. The number of pyridine rings is 2. The predicted molar refractivity (Wildman–Crippen MR) is 132 cm³/mol. The van der Waals surface area contributed by atoms with Gasteiger partial charge in [-0.2, -0.15) is 0 Å². The van der Waals surface area contributed by atoms with Gasteiger partial charge in [0.1, 0.15) is 5.65 Å². The number of hydrogen-bond acceptors (Lipinski definition) is 2. The molecule has 0 atom stereocenters. The quantitative estimate of drug-likeness (QED) is 0.282. The van der Waals surface area contributed by atoms with Crippen molar-refractivity contribution in [1.29, 1.82) is 0 Å².